The highest BCUT2D eigenvalue weighted by Gasteiger charge is 2.33. The second-order valence-corrected chi connectivity index (χ2v) is 14.6. The van der Waals surface area contributed by atoms with E-state index in [9.17, 15) is 13.2 Å². The minimum Gasteiger partial charge on any atom is -0.491 e. The third-order valence-corrected chi connectivity index (χ3v) is 11.3. The predicted molar refractivity (Wildman–Crippen MR) is 181 cm³/mol. The van der Waals surface area contributed by atoms with Gasteiger partial charge in [0, 0.05) is 68.3 Å². The highest BCUT2D eigenvalue weighted by molar-refractivity contribution is 7.87. The van der Waals surface area contributed by atoms with Gasteiger partial charge in [0.05, 0.1) is 11.7 Å². The van der Waals surface area contributed by atoms with E-state index in [0.717, 1.165) is 53.8 Å². The molecule has 0 spiro atoms. The average Bonchev–Trinajstić information content (AvgIpc) is 3.37. The van der Waals surface area contributed by atoms with Crippen LogP contribution in [0.1, 0.15) is 59.5 Å². The Morgan fingerprint density at radius 3 is 2.50 bits per heavy atom. The van der Waals surface area contributed by atoms with Crippen LogP contribution in [0.2, 0.25) is 0 Å². The number of carbonyl (C=O) groups excluding carboxylic acids is 1. The van der Waals surface area contributed by atoms with Crippen LogP contribution < -0.4 is 14.8 Å². The number of para-hydroxylation sites is 1. The molecule has 4 bridgehead atoms. The van der Waals surface area contributed by atoms with E-state index in [1.807, 2.05) is 24.3 Å². The number of rotatable bonds is 3. The van der Waals surface area contributed by atoms with Gasteiger partial charge in [-0.1, -0.05) is 67.8 Å². The zero-order valence-electron chi connectivity index (χ0n) is 26.5. The first-order chi connectivity index (χ1) is 22.4. The summed E-state index contributed by atoms with van der Waals surface area (Å²) in [5.41, 5.74) is 6.06. The Bertz CT molecular complexity index is 1820. The van der Waals surface area contributed by atoms with Gasteiger partial charge in [-0.25, -0.2) is 4.72 Å². The van der Waals surface area contributed by atoms with Crippen molar-refractivity contribution in [1.29, 1.82) is 0 Å². The molecule has 3 aliphatic rings. The first kappa shape index (κ1) is 30.9. The maximum Gasteiger partial charge on any atom is 0.303 e. The molecule has 0 unspecified atom stereocenters. The van der Waals surface area contributed by atoms with Crippen molar-refractivity contribution in [3.05, 3.63) is 89.5 Å². The first-order valence-corrected chi connectivity index (χ1v) is 18.0. The van der Waals surface area contributed by atoms with Crippen molar-refractivity contribution >= 4 is 27.0 Å². The van der Waals surface area contributed by atoms with Gasteiger partial charge in [0.15, 0.2) is 0 Å². The summed E-state index contributed by atoms with van der Waals surface area (Å²) in [7, 11) is -2.51. The number of likely N-dealkylation sites (N-methyl/N-ethyl adjacent to an activating group) is 1. The average molecular weight is 642 g/mol. The lowest BCUT2D eigenvalue weighted by molar-refractivity contribution is 0.0979. The summed E-state index contributed by atoms with van der Waals surface area (Å²) in [6.45, 7) is 4.07. The maximum absolute atomic E-state index is 13.5. The van der Waals surface area contributed by atoms with Crippen LogP contribution in [-0.4, -0.2) is 74.0 Å². The third-order valence-electron chi connectivity index (χ3n) is 9.90. The number of amides is 1. The van der Waals surface area contributed by atoms with Gasteiger partial charge in [0.25, 0.3) is 5.91 Å². The number of nitrogens with zero attached hydrogens (tertiary/aromatic N) is 3. The summed E-state index contributed by atoms with van der Waals surface area (Å²) in [6, 6.07) is 24.6. The molecule has 0 radical (unpaired) electrons. The molecule has 242 valence electrons. The highest BCUT2D eigenvalue weighted by Crippen LogP contribution is 2.47. The number of carbonyl (C=O) groups is 1. The van der Waals surface area contributed by atoms with E-state index in [4.69, 9.17) is 4.74 Å². The minimum absolute atomic E-state index is 0.0392. The fourth-order valence-electron chi connectivity index (χ4n) is 7.43. The van der Waals surface area contributed by atoms with Crippen molar-refractivity contribution in [3.63, 3.8) is 0 Å². The van der Waals surface area contributed by atoms with Crippen molar-refractivity contribution in [1.82, 2.24) is 23.8 Å². The second kappa shape index (κ2) is 13.2. The molecule has 1 aromatic heterocycles. The number of fused-ring (bicyclic) bond motifs is 4. The number of hydrogen-bond acceptors (Lipinski definition) is 6. The Morgan fingerprint density at radius 2 is 1.67 bits per heavy atom. The normalized spacial score (nSPS) is 21.8. The largest absolute Gasteiger partial charge is 0.491 e. The molecule has 3 heterocycles. The monoisotopic (exact) mass is 641 g/mol. The zero-order chi connectivity index (χ0) is 31.7. The van der Waals surface area contributed by atoms with Crippen molar-refractivity contribution in [2.75, 3.05) is 39.8 Å². The van der Waals surface area contributed by atoms with Gasteiger partial charge >= 0.3 is 10.2 Å². The summed E-state index contributed by atoms with van der Waals surface area (Å²) in [5.74, 6) is 0.638. The first-order valence-electron chi connectivity index (χ1n) is 16.5. The van der Waals surface area contributed by atoms with Crippen molar-refractivity contribution in [2.24, 2.45) is 0 Å². The van der Waals surface area contributed by atoms with Gasteiger partial charge in [-0.2, -0.15) is 12.7 Å². The molecular weight excluding hydrogens is 598 g/mol. The standard InChI is InChI=1S/C36H43N5O4S/c1-39-20-18-37-19-21-40(23-26-10-4-2-5-11-26)29-24-41-32-22-28(36(42)38-46(39,43)44)16-17-30(32)34(27-12-6-3-7-13-27)35(41)31-14-8-9-15-33(31)45-25-29/h2,4-5,8-11,14-17,22,27,29,37H,3,6-7,12-13,18-21,23-25H2,1H3,(H,38,42)/t29-/m1/s1. The Morgan fingerprint density at radius 1 is 0.913 bits per heavy atom. The lowest BCUT2D eigenvalue weighted by atomic mass is 9.81. The molecule has 1 amide bonds. The summed E-state index contributed by atoms with van der Waals surface area (Å²) in [6.07, 6.45) is 5.89. The number of aromatic nitrogens is 1. The Balaban J connectivity index is 1.43. The van der Waals surface area contributed by atoms with Crippen molar-refractivity contribution in [3.8, 4) is 17.0 Å². The summed E-state index contributed by atoms with van der Waals surface area (Å²) < 4.78 is 38.8. The van der Waals surface area contributed by atoms with E-state index in [1.165, 1.54) is 41.7 Å². The molecule has 1 atom stereocenters. The minimum atomic E-state index is -4.01. The molecule has 7 rings (SSSR count). The van der Waals surface area contributed by atoms with Crippen LogP contribution in [0.25, 0.3) is 22.2 Å². The molecular formula is C36H43N5O4S. The third kappa shape index (κ3) is 6.19. The molecule has 1 saturated carbocycles. The summed E-state index contributed by atoms with van der Waals surface area (Å²) in [5, 5.41) is 4.56. The van der Waals surface area contributed by atoms with Crippen molar-refractivity contribution < 1.29 is 17.9 Å². The van der Waals surface area contributed by atoms with Crippen LogP contribution in [-0.2, 0) is 23.3 Å². The van der Waals surface area contributed by atoms with Crippen LogP contribution in [0.4, 0.5) is 0 Å². The maximum atomic E-state index is 13.5. The number of ether oxygens (including phenoxy) is 1. The van der Waals surface area contributed by atoms with Crippen LogP contribution >= 0.6 is 0 Å². The highest BCUT2D eigenvalue weighted by atomic mass is 32.2. The van der Waals surface area contributed by atoms with Gasteiger partial charge in [-0.15, -0.1) is 0 Å². The van der Waals surface area contributed by atoms with Gasteiger partial charge in [-0.3, -0.25) is 9.69 Å². The van der Waals surface area contributed by atoms with E-state index < -0.39 is 16.1 Å². The van der Waals surface area contributed by atoms with E-state index in [0.29, 0.717) is 37.7 Å². The summed E-state index contributed by atoms with van der Waals surface area (Å²) >= 11 is 0. The Labute approximate surface area is 271 Å². The molecule has 9 nitrogen and oxygen atoms in total. The summed E-state index contributed by atoms with van der Waals surface area (Å²) in [4.78, 5) is 16.0. The molecule has 46 heavy (non-hydrogen) atoms. The van der Waals surface area contributed by atoms with Crippen LogP contribution in [0, 0.1) is 0 Å². The fourth-order valence-corrected chi connectivity index (χ4v) is 8.27. The Kier molecular flexibility index (Phi) is 8.87. The van der Waals surface area contributed by atoms with E-state index in [-0.39, 0.29) is 12.6 Å². The molecule has 3 aromatic carbocycles. The molecule has 4 aromatic rings. The van der Waals surface area contributed by atoms with E-state index in [2.05, 4.69) is 62.0 Å². The molecule has 2 aliphatic heterocycles. The van der Waals surface area contributed by atoms with Gasteiger partial charge < -0.3 is 14.6 Å². The van der Waals surface area contributed by atoms with Crippen LogP contribution in [0.15, 0.2) is 72.8 Å². The van der Waals surface area contributed by atoms with E-state index >= 15 is 0 Å². The quantitative estimate of drug-likeness (QED) is 0.322. The predicted octanol–water partition coefficient (Wildman–Crippen LogP) is 5.13. The van der Waals surface area contributed by atoms with Crippen molar-refractivity contribution in [2.45, 2.75) is 57.2 Å². The topological polar surface area (TPSA) is 95.9 Å². The van der Waals surface area contributed by atoms with Gasteiger partial charge in [0.2, 0.25) is 0 Å². The lowest BCUT2D eigenvalue weighted by Crippen LogP contribution is -2.47. The molecule has 0 saturated heterocycles. The smallest absolute Gasteiger partial charge is 0.303 e. The van der Waals surface area contributed by atoms with Gasteiger partial charge in [-0.05, 0) is 54.2 Å². The second-order valence-electron chi connectivity index (χ2n) is 12.9. The van der Waals surface area contributed by atoms with Gasteiger partial charge in [0.1, 0.15) is 12.4 Å². The lowest BCUT2D eigenvalue weighted by Gasteiger charge is -2.35. The molecule has 1 fully saturated rings. The number of hydrogen-bond donors (Lipinski definition) is 2. The van der Waals surface area contributed by atoms with Crippen LogP contribution in [0.3, 0.4) is 0 Å². The number of benzene rings is 3. The van der Waals surface area contributed by atoms with Crippen LogP contribution in [0.5, 0.6) is 5.75 Å². The molecule has 1 aliphatic carbocycles. The SMILES string of the molecule is CN1CCNCCN(Cc2ccccc2)[C@H]2COc3ccccc3-c3c(C4CCCCC4)c4ccc(cc4n3C2)C(=O)NS1(=O)=O. The fraction of sp³-hybridized carbons (Fsp3) is 0.417. The number of nitrogens with one attached hydrogen (secondary N) is 2. The molecule has 10 heteroatoms. The van der Waals surface area contributed by atoms with E-state index in [1.54, 1.807) is 6.07 Å². The molecule has 2 N–H and O–H groups in total. The zero-order valence-corrected chi connectivity index (χ0v) is 27.3. The Hall–Kier alpha value is -3.70.